The van der Waals surface area contributed by atoms with E-state index in [9.17, 15) is 0 Å². The molecule has 0 amide bonds. The summed E-state index contributed by atoms with van der Waals surface area (Å²) in [4.78, 5) is 0. The Morgan fingerprint density at radius 2 is 1.95 bits per heavy atom. The average Bonchev–Trinajstić information content (AvgIpc) is 2.47. The molecule has 1 fully saturated rings. The molecule has 3 nitrogen and oxygen atoms in total. The highest BCUT2D eigenvalue weighted by Crippen LogP contribution is 2.15. The predicted molar refractivity (Wildman–Crippen MR) is 73.6 cm³/mol. The van der Waals surface area contributed by atoms with Crippen molar-refractivity contribution in [3.8, 4) is 11.8 Å². The number of aliphatic hydroxyl groups is 1. The van der Waals surface area contributed by atoms with Crippen LogP contribution in [0.1, 0.15) is 24.0 Å². The van der Waals surface area contributed by atoms with Gasteiger partial charge in [-0.2, -0.15) is 0 Å². The molecule has 1 N–H and O–H groups in total. The molecule has 1 saturated heterocycles. The van der Waals surface area contributed by atoms with Crippen LogP contribution in [0.4, 0.5) is 0 Å². The topological polar surface area (TPSA) is 38.7 Å². The number of ether oxygens (including phenoxy) is 2. The van der Waals surface area contributed by atoms with Gasteiger partial charge in [0.1, 0.15) is 6.61 Å². The molecule has 1 aromatic rings. The summed E-state index contributed by atoms with van der Waals surface area (Å²) in [6.45, 7) is 3.09. The summed E-state index contributed by atoms with van der Waals surface area (Å²) in [5.74, 6) is 6.15. The summed E-state index contributed by atoms with van der Waals surface area (Å²) in [5, 5.41) is 8.62. The van der Waals surface area contributed by atoms with E-state index in [2.05, 4.69) is 11.8 Å². The van der Waals surface area contributed by atoms with Gasteiger partial charge in [0, 0.05) is 18.8 Å². The Balaban J connectivity index is 1.73. The lowest BCUT2D eigenvalue weighted by molar-refractivity contribution is 0.0157. The summed E-state index contributed by atoms with van der Waals surface area (Å²) in [5.41, 5.74) is 2.07. The van der Waals surface area contributed by atoms with Crippen LogP contribution in [-0.4, -0.2) is 31.5 Å². The van der Waals surface area contributed by atoms with Crippen molar-refractivity contribution in [1.29, 1.82) is 0 Å². The van der Waals surface area contributed by atoms with Gasteiger partial charge in [0.25, 0.3) is 0 Å². The summed E-state index contributed by atoms with van der Waals surface area (Å²) >= 11 is 0. The van der Waals surface area contributed by atoms with Crippen molar-refractivity contribution in [1.82, 2.24) is 0 Å². The molecule has 1 aromatic carbocycles. The minimum Gasteiger partial charge on any atom is -0.384 e. The lowest BCUT2D eigenvalue weighted by atomic mass is 10.0. The van der Waals surface area contributed by atoms with Gasteiger partial charge in [-0.05, 0) is 36.5 Å². The first-order valence-electron chi connectivity index (χ1n) is 6.72. The van der Waals surface area contributed by atoms with Gasteiger partial charge in [-0.25, -0.2) is 0 Å². The fourth-order valence-corrected chi connectivity index (χ4v) is 2.08. The molecule has 1 aliphatic heterocycles. The highest BCUT2D eigenvalue weighted by molar-refractivity contribution is 5.35. The summed E-state index contributed by atoms with van der Waals surface area (Å²) in [6.07, 6.45) is 2.21. The van der Waals surface area contributed by atoms with Crippen molar-refractivity contribution in [3.05, 3.63) is 35.4 Å². The highest BCUT2D eigenvalue weighted by Gasteiger charge is 2.13. The van der Waals surface area contributed by atoms with Gasteiger partial charge in [-0.1, -0.05) is 24.0 Å². The molecule has 0 spiro atoms. The maximum atomic E-state index is 8.62. The van der Waals surface area contributed by atoms with E-state index in [4.69, 9.17) is 14.6 Å². The van der Waals surface area contributed by atoms with Crippen molar-refractivity contribution in [2.75, 3.05) is 26.4 Å². The third kappa shape index (κ3) is 5.04. The van der Waals surface area contributed by atoms with Crippen LogP contribution in [0.25, 0.3) is 0 Å². The van der Waals surface area contributed by atoms with Crippen LogP contribution in [-0.2, 0) is 16.1 Å². The fourth-order valence-electron chi connectivity index (χ4n) is 2.08. The minimum atomic E-state index is -0.101. The van der Waals surface area contributed by atoms with Crippen molar-refractivity contribution < 1.29 is 14.6 Å². The van der Waals surface area contributed by atoms with Gasteiger partial charge in [-0.15, -0.1) is 0 Å². The Bertz CT molecular complexity index is 422. The third-order valence-corrected chi connectivity index (χ3v) is 3.23. The summed E-state index contributed by atoms with van der Waals surface area (Å²) in [6, 6.07) is 7.95. The Labute approximate surface area is 114 Å². The molecular formula is C16H20O3. The van der Waals surface area contributed by atoms with Crippen LogP contribution in [0, 0.1) is 17.8 Å². The van der Waals surface area contributed by atoms with Gasteiger partial charge in [0.2, 0.25) is 0 Å². The van der Waals surface area contributed by atoms with Gasteiger partial charge < -0.3 is 14.6 Å². The summed E-state index contributed by atoms with van der Waals surface area (Å²) in [7, 11) is 0. The molecule has 1 aliphatic rings. The molecule has 102 valence electrons. The zero-order valence-electron chi connectivity index (χ0n) is 11.1. The molecule has 0 radical (unpaired) electrons. The van der Waals surface area contributed by atoms with E-state index >= 15 is 0 Å². The molecule has 2 rings (SSSR count). The maximum Gasteiger partial charge on any atom is 0.104 e. The van der Waals surface area contributed by atoms with E-state index in [1.165, 1.54) is 0 Å². The molecule has 0 bridgehead atoms. The van der Waals surface area contributed by atoms with E-state index in [1.807, 2.05) is 24.3 Å². The first-order valence-corrected chi connectivity index (χ1v) is 6.72. The Hall–Kier alpha value is -1.34. The fraction of sp³-hybridized carbons (Fsp3) is 0.500. The number of aliphatic hydroxyl groups excluding tert-OH is 1. The van der Waals surface area contributed by atoms with Crippen molar-refractivity contribution in [2.45, 2.75) is 19.4 Å². The Morgan fingerprint density at radius 3 is 2.63 bits per heavy atom. The van der Waals surface area contributed by atoms with Gasteiger partial charge in [0.05, 0.1) is 13.2 Å². The number of rotatable bonds is 4. The van der Waals surface area contributed by atoms with E-state index < -0.39 is 0 Å². The second kappa shape index (κ2) is 7.96. The Morgan fingerprint density at radius 1 is 1.21 bits per heavy atom. The van der Waals surface area contributed by atoms with Crippen LogP contribution in [0.3, 0.4) is 0 Å². The van der Waals surface area contributed by atoms with Crippen molar-refractivity contribution in [3.63, 3.8) is 0 Å². The standard InChI is InChI=1S/C16H20O3/c17-9-1-2-14-3-5-15(6-4-14)12-19-13-16-7-10-18-11-8-16/h3-6,16-17H,7-13H2. The molecule has 19 heavy (non-hydrogen) atoms. The lowest BCUT2D eigenvalue weighted by Crippen LogP contribution is -2.20. The molecule has 0 saturated carbocycles. The van der Waals surface area contributed by atoms with Crippen LogP contribution in [0.2, 0.25) is 0 Å². The Kier molecular flexibility index (Phi) is 5.90. The molecule has 0 aromatic heterocycles. The van der Waals surface area contributed by atoms with Crippen LogP contribution in [0.15, 0.2) is 24.3 Å². The van der Waals surface area contributed by atoms with Gasteiger partial charge >= 0.3 is 0 Å². The largest absolute Gasteiger partial charge is 0.384 e. The highest BCUT2D eigenvalue weighted by atomic mass is 16.5. The molecule has 0 unspecified atom stereocenters. The smallest absolute Gasteiger partial charge is 0.104 e. The van der Waals surface area contributed by atoms with E-state index in [0.29, 0.717) is 12.5 Å². The average molecular weight is 260 g/mol. The lowest BCUT2D eigenvalue weighted by Gasteiger charge is -2.21. The van der Waals surface area contributed by atoms with Crippen molar-refractivity contribution in [2.24, 2.45) is 5.92 Å². The monoisotopic (exact) mass is 260 g/mol. The maximum absolute atomic E-state index is 8.62. The molecule has 0 aliphatic carbocycles. The van der Waals surface area contributed by atoms with E-state index in [0.717, 1.165) is 43.8 Å². The van der Waals surface area contributed by atoms with Gasteiger partial charge in [0.15, 0.2) is 0 Å². The van der Waals surface area contributed by atoms with Crippen LogP contribution in [0.5, 0.6) is 0 Å². The first kappa shape index (κ1) is 14.1. The number of hydrogen-bond acceptors (Lipinski definition) is 3. The number of benzene rings is 1. The van der Waals surface area contributed by atoms with Crippen LogP contribution < -0.4 is 0 Å². The van der Waals surface area contributed by atoms with Crippen molar-refractivity contribution >= 4 is 0 Å². The van der Waals surface area contributed by atoms with Gasteiger partial charge in [-0.3, -0.25) is 0 Å². The first-order chi connectivity index (χ1) is 9.38. The van der Waals surface area contributed by atoms with Crippen LogP contribution >= 0.6 is 0 Å². The number of hydrogen-bond donors (Lipinski definition) is 1. The second-order valence-electron chi connectivity index (χ2n) is 4.73. The molecule has 0 atom stereocenters. The quantitative estimate of drug-likeness (QED) is 0.841. The predicted octanol–water partition coefficient (Wildman–Crippen LogP) is 1.97. The second-order valence-corrected chi connectivity index (χ2v) is 4.73. The summed E-state index contributed by atoms with van der Waals surface area (Å²) < 4.78 is 11.1. The normalized spacial score (nSPS) is 15.8. The van der Waals surface area contributed by atoms with E-state index in [-0.39, 0.29) is 6.61 Å². The molecule has 3 heteroatoms. The third-order valence-electron chi connectivity index (χ3n) is 3.23. The SMILES string of the molecule is OCC#Cc1ccc(COCC2CCOCC2)cc1. The zero-order valence-corrected chi connectivity index (χ0v) is 11.1. The minimum absolute atomic E-state index is 0.101. The van der Waals surface area contributed by atoms with E-state index in [1.54, 1.807) is 0 Å². The molecular weight excluding hydrogens is 240 g/mol. The molecule has 1 heterocycles. The zero-order chi connectivity index (χ0) is 13.3.